The van der Waals surface area contributed by atoms with E-state index < -0.39 is 0 Å². The maximum atomic E-state index is 12.0. The monoisotopic (exact) mass is 249 g/mol. The first kappa shape index (κ1) is 14.9. The van der Waals surface area contributed by atoms with Crippen molar-refractivity contribution in [3.05, 3.63) is 35.9 Å². The van der Waals surface area contributed by atoms with Crippen molar-refractivity contribution in [3.8, 4) is 0 Å². The van der Waals surface area contributed by atoms with Crippen LogP contribution in [0.15, 0.2) is 30.3 Å². The summed E-state index contributed by atoms with van der Waals surface area (Å²) in [5, 5.41) is 3.23. The fourth-order valence-electron chi connectivity index (χ4n) is 1.65. The second-order valence-corrected chi connectivity index (χ2v) is 4.68. The van der Waals surface area contributed by atoms with Crippen molar-refractivity contribution in [2.45, 2.75) is 39.3 Å². The van der Waals surface area contributed by atoms with Crippen molar-refractivity contribution in [1.29, 1.82) is 0 Å². The molecule has 0 saturated carbocycles. The molecule has 1 atom stereocenters. The van der Waals surface area contributed by atoms with Gasteiger partial charge in [-0.25, -0.2) is 0 Å². The summed E-state index contributed by atoms with van der Waals surface area (Å²) >= 11 is 0. The summed E-state index contributed by atoms with van der Waals surface area (Å²) in [6.45, 7) is 7.48. The lowest BCUT2D eigenvalue weighted by molar-refractivity contribution is 0.0760. The topological polar surface area (TPSA) is 38.3 Å². The number of carbonyl (C=O) groups excluding carboxylic acids is 1. The third-order valence-corrected chi connectivity index (χ3v) is 2.67. The van der Waals surface area contributed by atoms with Crippen molar-refractivity contribution in [2.24, 2.45) is 0 Å². The average molecular weight is 249 g/mol. The van der Waals surface area contributed by atoms with Gasteiger partial charge in [0.25, 0.3) is 0 Å². The van der Waals surface area contributed by atoms with Crippen molar-refractivity contribution in [1.82, 2.24) is 5.32 Å². The minimum Gasteiger partial charge on any atom is -0.379 e. The second-order valence-electron chi connectivity index (χ2n) is 4.68. The Bertz CT molecular complexity index is 349. The Morgan fingerprint density at radius 3 is 2.50 bits per heavy atom. The zero-order valence-corrected chi connectivity index (χ0v) is 11.5. The lowest BCUT2D eigenvalue weighted by Crippen LogP contribution is -2.35. The van der Waals surface area contributed by atoms with Crippen molar-refractivity contribution in [2.75, 3.05) is 13.2 Å². The minimum atomic E-state index is -0.147. The van der Waals surface area contributed by atoms with Crippen LogP contribution in [0.3, 0.4) is 0 Å². The van der Waals surface area contributed by atoms with Gasteiger partial charge in [-0.05, 0) is 33.7 Å². The molecule has 0 aromatic heterocycles. The van der Waals surface area contributed by atoms with Gasteiger partial charge in [-0.15, -0.1) is 0 Å². The molecule has 1 unspecified atom stereocenters. The van der Waals surface area contributed by atoms with E-state index in [9.17, 15) is 4.79 Å². The van der Waals surface area contributed by atoms with Crippen LogP contribution in [0.1, 0.15) is 37.6 Å². The van der Waals surface area contributed by atoms with Crippen molar-refractivity contribution < 1.29 is 9.53 Å². The highest BCUT2D eigenvalue weighted by atomic mass is 16.5. The largest absolute Gasteiger partial charge is 0.379 e. The molecule has 0 radical (unpaired) electrons. The molecule has 1 rings (SSSR count). The van der Waals surface area contributed by atoms with Crippen LogP contribution in [0.2, 0.25) is 0 Å². The van der Waals surface area contributed by atoms with E-state index in [-0.39, 0.29) is 17.9 Å². The number of nitrogens with one attached hydrogen (secondary N) is 1. The maximum absolute atomic E-state index is 12.0. The Morgan fingerprint density at radius 2 is 1.89 bits per heavy atom. The second kappa shape index (κ2) is 8.01. The molecule has 0 aliphatic rings. The molecule has 1 N–H and O–H groups in total. The highest BCUT2D eigenvalue weighted by molar-refractivity contribution is 5.99. The summed E-state index contributed by atoms with van der Waals surface area (Å²) in [5.74, 6) is 0.139. The number of hydrogen-bond acceptors (Lipinski definition) is 3. The predicted octanol–water partition coefficient (Wildman–Crippen LogP) is 2.66. The van der Waals surface area contributed by atoms with Gasteiger partial charge in [0, 0.05) is 12.2 Å². The van der Waals surface area contributed by atoms with Crippen LogP contribution in [-0.2, 0) is 4.74 Å². The van der Waals surface area contributed by atoms with Gasteiger partial charge >= 0.3 is 0 Å². The minimum absolute atomic E-state index is 0.139. The van der Waals surface area contributed by atoms with Crippen LogP contribution in [0.25, 0.3) is 0 Å². The van der Waals surface area contributed by atoms with Crippen LogP contribution in [0.5, 0.6) is 0 Å². The van der Waals surface area contributed by atoms with Crippen LogP contribution in [-0.4, -0.2) is 31.1 Å². The number of carbonyl (C=O) groups is 1. The molecular formula is C15H23NO2. The summed E-state index contributed by atoms with van der Waals surface area (Å²) in [6, 6.07) is 9.24. The fraction of sp³-hybridized carbons (Fsp3) is 0.533. The normalized spacial score (nSPS) is 12.7. The Kier molecular flexibility index (Phi) is 6.61. The van der Waals surface area contributed by atoms with Gasteiger partial charge < -0.3 is 10.1 Å². The number of ketones is 1. The first-order valence-electron chi connectivity index (χ1n) is 6.55. The highest BCUT2D eigenvalue weighted by Crippen LogP contribution is 2.03. The van der Waals surface area contributed by atoms with E-state index in [0.29, 0.717) is 0 Å². The molecule has 0 spiro atoms. The number of Topliss-reactive ketones (excluding diaryl/α,β-unsaturated/α-hetero) is 1. The van der Waals surface area contributed by atoms with Gasteiger partial charge in [-0.2, -0.15) is 0 Å². The summed E-state index contributed by atoms with van der Waals surface area (Å²) in [7, 11) is 0. The molecule has 3 heteroatoms. The van der Waals surface area contributed by atoms with Crippen molar-refractivity contribution in [3.63, 3.8) is 0 Å². The molecule has 1 aromatic rings. The molecule has 100 valence electrons. The molecule has 0 bridgehead atoms. The summed E-state index contributed by atoms with van der Waals surface area (Å²) in [5.41, 5.74) is 0.760. The van der Waals surface area contributed by atoms with E-state index >= 15 is 0 Å². The van der Waals surface area contributed by atoms with E-state index in [1.165, 1.54) is 0 Å². The molecule has 1 aromatic carbocycles. The number of rotatable bonds is 8. The molecular weight excluding hydrogens is 226 g/mol. The molecule has 0 saturated heterocycles. The van der Waals surface area contributed by atoms with Crippen molar-refractivity contribution >= 4 is 5.78 Å². The number of ether oxygens (including phenoxy) is 1. The van der Waals surface area contributed by atoms with Crippen LogP contribution in [0, 0.1) is 0 Å². The van der Waals surface area contributed by atoms with Crippen LogP contribution < -0.4 is 5.32 Å². The van der Waals surface area contributed by atoms with E-state index in [1.54, 1.807) is 0 Å². The fourth-order valence-corrected chi connectivity index (χ4v) is 1.65. The molecule has 0 aliphatic heterocycles. The Balaban J connectivity index is 2.24. The highest BCUT2D eigenvalue weighted by Gasteiger charge is 2.13. The zero-order valence-electron chi connectivity index (χ0n) is 11.5. The third kappa shape index (κ3) is 5.43. The van der Waals surface area contributed by atoms with E-state index in [0.717, 1.165) is 25.1 Å². The van der Waals surface area contributed by atoms with E-state index in [1.807, 2.05) is 51.1 Å². The average Bonchev–Trinajstić information content (AvgIpc) is 2.38. The summed E-state index contributed by atoms with van der Waals surface area (Å²) in [6.07, 6.45) is 1.19. The molecule has 18 heavy (non-hydrogen) atoms. The quantitative estimate of drug-likeness (QED) is 0.568. The standard InChI is InChI=1S/C15H23NO2/c1-12(2)18-11-7-10-16-13(3)15(17)14-8-5-4-6-9-14/h4-6,8-9,12-13,16H,7,10-11H2,1-3H3. The van der Waals surface area contributed by atoms with Gasteiger partial charge in [-0.1, -0.05) is 30.3 Å². The lowest BCUT2D eigenvalue weighted by Gasteiger charge is -2.13. The predicted molar refractivity (Wildman–Crippen MR) is 73.9 cm³/mol. The first-order valence-corrected chi connectivity index (χ1v) is 6.55. The summed E-state index contributed by atoms with van der Waals surface area (Å²) < 4.78 is 5.44. The van der Waals surface area contributed by atoms with E-state index in [2.05, 4.69) is 5.32 Å². The van der Waals surface area contributed by atoms with Crippen LogP contribution >= 0.6 is 0 Å². The number of hydrogen-bond donors (Lipinski definition) is 1. The number of benzene rings is 1. The lowest BCUT2D eigenvalue weighted by atomic mass is 10.1. The zero-order chi connectivity index (χ0) is 13.4. The smallest absolute Gasteiger partial charge is 0.179 e. The molecule has 0 aliphatic carbocycles. The summed E-state index contributed by atoms with van der Waals surface area (Å²) in [4.78, 5) is 12.0. The first-order chi connectivity index (χ1) is 8.61. The third-order valence-electron chi connectivity index (χ3n) is 2.67. The molecule has 0 amide bonds. The Hall–Kier alpha value is -1.19. The van der Waals surface area contributed by atoms with E-state index in [4.69, 9.17) is 4.74 Å². The molecule has 0 heterocycles. The molecule has 3 nitrogen and oxygen atoms in total. The van der Waals surface area contributed by atoms with Gasteiger partial charge in [-0.3, -0.25) is 4.79 Å². The van der Waals surface area contributed by atoms with Gasteiger partial charge in [0.2, 0.25) is 0 Å². The maximum Gasteiger partial charge on any atom is 0.179 e. The van der Waals surface area contributed by atoms with Gasteiger partial charge in [0.15, 0.2) is 5.78 Å². The van der Waals surface area contributed by atoms with Crippen LogP contribution in [0.4, 0.5) is 0 Å². The Labute approximate surface area is 110 Å². The van der Waals surface area contributed by atoms with Gasteiger partial charge in [0.05, 0.1) is 12.1 Å². The van der Waals surface area contributed by atoms with Gasteiger partial charge in [0.1, 0.15) is 0 Å². The molecule has 0 fully saturated rings. The SMILES string of the molecule is CC(C)OCCCNC(C)C(=O)c1ccccc1. The Morgan fingerprint density at radius 1 is 1.22 bits per heavy atom.